The van der Waals surface area contributed by atoms with Gasteiger partial charge in [0.25, 0.3) is 5.91 Å². The topological polar surface area (TPSA) is 63.5 Å². The van der Waals surface area contributed by atoms with Gasteiger partial charge in [0.05, 0.1) is 22.1 Å². The smallest absolute Gasteiger partial charge is 0.254 e. The van der Waals surface area contributed by atoms with Gasteiger partial charge in [0.15, 0.2) is 0 Å². The van der Waals surface area contributed by atoms with E-state index >= 15 is 0 Å². The van der Waals surface area contributed by atoms with Crippen molar-refractivity contribution in [2.24, 2.45) is 0 Å². The maximum atomic E-state index is 12.9. The molecule has 146 valence electrons. The molecule has 2 N–H and O–H groups in total. The van der Waals surface area contributed by atoms with Crippen molar-refractivity contribution in [3.8, 4) is 17.6 Å². The summed E-state index contributed by atoms with van der Waals surface area (Å²) in [6.07, 6.45) is 1.81. The summed E-state index contributed by atoms with van der Waals surface area (Å²) in [7, 11) is 0. The van der Waals surface area contributed by atoms with Crippen molar-refractivity contribution >= 4 is 29.0 Å². The minimum atomic E-state index is -0.226. The van der Waals surface area contributed by atoms with E-state index in [1.165, 1.54) is 5.56 Å². The van der Waals surface area contributed by atoms with Crippen LogP contribution in [0, 0.1) is 23.3 Å². The minimum Gasteiger partial charge on any atom is -0.489 e. The normalized spacial score (nSPS) is 12.1. The number of aromatic nitrogens is 1. The fourth-order valence-electron chi connectivity index (χ4n) is 3.40. The second kappa shape index (κ2) is 8.08. The molecule has 3 aromatic rings. The summed E-state index contributed by atoms with van der Waals surface area (Å²) in [4.78, 5) is 12.9. The van der Waals surface area contributed by atoms with Crippen LogP contribution in [0.25, 0.3) is 10.9 Å². The van der Waals surface area contributed by atoms with Crippen LogP contribution in [-0.2, 0) is 13.1 Å². The maximum absolute atomic E-state index is 12.9. The molecule has 0 fully saturated rings. The lowest BCUT2D eigenvalue weighted by Gasteiger charge is -2.22. The number of carbonyl (C=O) groups is 1. The molecule has 1 aliphatic rings. The minimum absolute atomic E-state index is 0.207. The number of aryl methyl sites for hydroxylation is 1. The number of hydrogen-bond donors (Lipinski definition) is 2. The van der Waals surface area contributed by atoms with Crippen LogP contribution in [0.2, 0.25) is 0 Å². The predicted octanol–water partition coefficient (Wildman–Crippen LogP) is 3.35. The number of pyridine rings is 1. The Morgan fingerprint density at radius 1 is 1.31 bits per heavy atom. The van der Waals surface area contributed by atoms with E-state index in [-0.39, 0.29) is 12.5 Å². The highest BCUT2D eigenvalue weighted by atomic mass is 32.1. The Kier molecular flexibility index (Phi) is 5.34. The zero-order chi connectivity index (χ0) is 20.4. The van der Waals surface area contributed by atoms with E-state index in [2.05, 4.69) is 17.2 Å². The summed E-state index contributed by atoms with van der Waals surface area (Å²) >= 11 is 5.65. The monoisotopic (exact) mass is 404 g/mol. The number of rotatable bonds is 3. The molecule has 0 aliphatic carbocycles. The van der Waals surface area contributed by atoms with Gasteiger partial charge in [-0.3, -0.25) is 4.79 Å². The Labute approximate surface area is 173 Å². The second-order valence-corrected chi connectivity index (χ2v) is 7.32. The number of ether oxygens (including phenoxy) is 1. The third kappa shape index (κ3) is 3.88. The summed E-state index contributed by atoms with van der Waals surface area (Å²) in [6, 6.07) is 11.7. The molecule has 2 heterocycles. The molecule has 0 saturated carbocycles. The Balaban J connectivity index is 1.73. The number of hydrogen-bond acceptors (Lipinski definition) is 4. The van der Waals surface area contributed by atoms with Gasteiger partial charge in [-0.1, -0.05) is 53.9 Å². The fourth-order valence-corrected chi connectivity index (χ4v) is 3.70. The van der Waals surface area contributed by atoms with Gasteiger partial charge in [0.2, 0.25) is 0 Å². The highest BCUT2D eigenvalue weighted by molar-refractivity contribution is 7.71. The van der Waals surface area contributed by atoms with E-state index in [4.69, 9.17) is 22.1 Å². The van der Waals surface area contributed by atoms with Crippen LogP contribution in [0.5, 0.6) is 5.75 Å². The average molecular weight is 404 g/mol. The number of aliphatic hydroxyl groups excluding tert-OH is 1. The largest absolute Gasteiger partial charge is 0.489 e. The first-order valence-corrected chi connectivity index (χ1v) is 9.75. The average Bonchev–Trinajstić information content (AvgIpc) is 2.74. The summed E-state index contributed by atoms with van der Waals surface area (Å²) in [5, 5.41) is 12.7. The SMILES string of the molecule is Cc1ccc(CNC(=O)c2cn3c4c(cc(C#CCO)cc4c2=S)OCC3)cc1. The zero-order valence-electron chi connectivity index (χ0n) is 16.0. The third-order valence-electron chi connectivity index (χ3n) is 4.86. The number of nitrogens with one attached hydrogen (secondary N) is 1. The lowest BCUT2D eigenvalue weighted by Crippen LogP contribution is -2.25. The molecule has 0 unspecified atom stereocenters. The quantitative estimate of drug-likeness (QED) is 0.519. The second-order valence-electron chi connectivity index (χ2n) is 6.91. The molecule has 4 rings (SSSR count). The Bertz CT molecular complexity index is 1220. The summed E-state index contributed by atoms with van der Waals surface area (Å²) in [5.41, 5.74) is 4.22. The Morgan fingerprint density at radius 3 is 2.86 bits per heavy atom. The van der Waals surface area contributed by atoms with Gasteiger partial charge in [-0.05, 0) is 24.6 Å². The van der Waals surface area contributed by atoms with Gasteiger partial charge in [0.1, 0.15) is 19.0 Å². The zero-order valence-corrected chi connectivity index (χ0v) is 16.8. The molecular formula is C23H20N2O3S. The molecule has 1 aromatic heterocycles. The van der Waals surface area contributed by atoms with Crippen LogP contribution in [0.15, 0.2) is 42.6 Å². The van der Waals surface area contributed by atoms with Crippen LogP contribution in [0.1, 0.15) is 27.0 Å². The fraction of sp³-hybridized carbons (Fsp3) is 0.217. The van der Waals surface area contributed by atoms with Gasteiger partial charge in [-0.25, -0.2) is 0 Å². The number of benzene rings is 2. The standard InChI is InChI=1S/C23H20N2O3S/c1-15-4-6-16(7-5-15)13-24-23(27)19-14-25-8-10-28-20-12-17(3-2-9-26)11-18(21(20)25)22(19)29/h4-7,11-12,14,26H,8-10,13H2,1H3,(H,24,27). The molecule has 1 amide bonds. The van der Waals surface area contributed by atoms with Crippen molar-refractivity contribution in [3.63, 3.8) is 0 Å². The summed E-state index contributed by atoms with van der Waals surface area (Å²) in [5.74, 6) is 6.02. The molecule has 0 spiro atoms. The van der Waals surface area contributed by atoms with Crippen LogP contribution in [0.4, 0.5) is 0 Å². The van der Waals surface area contributed by atoms with Crippen molar-refractivity contribution in [2.75, 3.05) is 13.2 Å². The van der Waals surface area contributed by atoms with Crippen LogP contribution in [0.3, 0.4) is 0 Å². The van der Waals surface area contributed by atoms with E-state index in [0.717, 1.165) is 16.5 Å². The Morgan fingerprint density at radius 2 is 2.10 bits per heavy atom. The first kappa shape index (κ1) is 19.2. The highest BCUT2D eigenvalue weighted by Gasteiger charge is 2.19. The van der Waals surface area contributed by atoms with Gasteiger partial charge in [0, 0.05) is 23.7 Å². The van der Waals surface area contributed by atoms with E-state index < -0.39 is 0 Å². The van der Waals surface area contributed by atoms with Gasteiger partial charge < -0.3 is 19.7 Å². The predicted molar refractivity (Wildman–Crippen MR) is 115 cm³/mol. The highest BCUT2D eigenvalue weighted by Crippen LogP contribution is 2.32. The van der Waals surface area contributed by atoms with Crippen molar-refractivity contribution in [1.29, 1.82) is 0 Å². The van der Waals surface area contributed by atoms with Crippen LogP contribution < -0.4 is 10.1 Å². The van der Waals surface area contributed by atoms with Crippen LogP contribution >= 0.6 is 12.2 Å². The maximum Gasteiger partial charge on any atom is 0.254 e. The van der Waals surface area contributed by atoms with Crippen molar-refractivity contribution < 1.29 is 14.6 Å². The van der Waals surface area contributed by atoms with E-state index in [1.54, 1.807) is 6.20 Å². The Hall–Kier alpha value is -3.14. The molecule has 0 radical (unpaired) electrons. The van der Waals surface area contributed by atoms with Gasteiger partial charge >= 0.3 is 0 Å². The number of nitrogens with zero attached hydrogens (tertiary/aromatic N) is 1. The molecule has 5 nitrogen and oxygen atoms in total. The molecular weight excluding hydrogens is 384 g/mol. The summed E-state index contributed by atoms with van der Waals surface area (Å²) in [6.45, 7) is 3.38. The lowest BCUT2D eigenvalue weighted by molar-refractivity contribution is 0.0949. The van der Waals surface area contributed by atoms with E-state index in [0.29, 0.717) is 41.1 Å². The lowest BCUT2D eigenvalue weighted by atomic mass is 10.1. The molecule has 6 heteroatoms. The van der Waals surface area contributed by atoms with E-state index in [9.17, 15) is 4.79 Å². The first-order valence-electron chi connectivity index (χ1n) is 9.34. The first-order chi connectivity index (χ1) is 14.1. The van der Waals surface area contributed by atoms with E-state index in [1.807, 2.05) is 47.9 Å². The van der Waals surface area contributed by atoms with Gasteiger partial charge in [-0.2, -0.15) is 0 Å². The number of carbonyl (C=O) groups excluding carboxylic acids is 1. The summed E-state index contributed by atoms with van der Waals surface area (Å²) < 4.78 is 8.27. The van der Waals surface area contributed by atoms with Crippen molar-refractivity contribution in [3.05, 3.63) is 69.4 Å². The van der Waals surface area contributed by atoms with Crippen molar-refractivity contribution in [1.82, 2.24) is 9.88 Å². The third-order valence-corrected chi connectivity index (χ3v) is 5.30. The van der Waals surface area contributed by atoms with Crippen LogP contribution in [-0.4, -0.2) is 28.8 Å². The molecule has 0 bridgehead atoms. The number of amides is 1. The van der Waals surface area contributed by atoms with Crippen molar-refractivity contribution in [2.45, 2.75) is 20.0 Å². The molecule has 0 saturated heterocycles. The molecule has 29 heavy (non-hydrogen) atoms. The molecule has 2 aromatic carbocycles. The van der Waals surface area contributed by atoms with Gasteiger partial charge in [-0.15, -0.1) is 0 Å². The number of aliphatic hydroxyl groups is 1. The molecule has 1 aliphatic heterocycles. The molecule has 0 atom stereocenters.